The van der Waals surface area contributed by atoms with Gasteiger partial charge in [0.1, 0.15) is 5.82 Å². The number of fused-ring (bicyclic) bond motifs is 2. The molecule has 4 rings (SSSR count). The van der Waals surface area contributed by atoms with Crippen molar-refractivity contribution in [1.82, 2.24) is 24.8 Å². The maximum absolute atomic E-state index is 6.09. The van der Waals surface area contributed by atoms with Gasteiger partial charge in [0.2, 0.25) is 5.28 Å². The van der Waals surface area contributed by atoms with E-state index in [0.29, 0.717) is 29.3 Å². The zero-order chi connectivity index (χ0) is 20.5. The number of hydrogen-bond acceptors (Lipinski definition) is 6. The lowest BCUT2D eigenvalue weighted by Gasteiger charge is -2.12. The molecule has 154 valence electrons. The largest absolute Gasteiger partial charge is 0.384 e. The van der Waals surface area contributed by atoms with E-state index in [1.807, 2.05) is 0 Å². The van der Waals surface area contributed by atoms with Crippen molar-refractivity contribution in [2.24, 2.45) is 5.92 Å². The topological polar surface area (TPSA) is 93.7 Å². The molecule has 4 N–H and O–H groups in total. The van der Waals surface area contributed by atoms with Gasteiger partial charge < -0.3 is 20.9 Å². The maximum Gasteiger partial charge on any atom is 0.226 e. The fraction of sp³-hybridized carbons (Fsp3) is 0.450. The predicted molar refractivity (Wildman–Crippen MR) is 127 cm³/mol. The van der Waals surface area contributed by atoms with Crippen molar-refractivity contribution in [3.63, 3.8) is 0 Å². The van der Waals surface area contributed by atoms with Gasteiger partial charge in [-0.2, -0.15) is 9.97 Å². The number of nitrogen functional groups attached to an aromatic ring is 1. The lowest BCUT2D eigenvalue weighted by Crippen LogP contribution is -2.24. The third-order valence-corrected chi connectivity index (χ3v) is 6.24. The van der Waals surface area contributed by atoms with Crippen molar-refractivity contribution >= 4 is 56.9 Å². The smallest absolute Gasteiger partial charge is 0.226 e. The minimum atomic E-state index is 0.149. The quantitative estimate of drug-likeness (QED) is 0.248. The Morgan fingerprint density at radius 1 is 1.31 bits per heavy atom. The lowest BCUT2D eigenvalue weighted by atomic mass is 10.1. The molecule has 29 heavy (non-hydrogen) atoms. The molecule has 1 aromatic carbocycles. The van der Waals surface area contributed by atoms with E-state index in [4.69, 9.17) is 22.3 Å². The summed E-state index contributed by atoms with van der Waals surface area (Å²) in [5.41, 5.74) is 11.3. The van der Waals surface area contributed by atoms with E-state index >= 15 is 0 Å². The molecule has 1 aliphatic heterocycles. The van der Waals surface area contributed by atoms with Gasteiger partial charge >= 0.3 is 0 Å². The van der Waals surface area contributed by atoms with Gasteiger partial charge in [0.05, 0.1) is 0 Å². The molecule has 0 unspecified atom stereocenters. The van der Waals surface area contributed by atoms with Crippen LogP contribution in [0.3, 0.4) is 0 Å². The van der Waals surface area contributed by atoms with Crippen LogP contribution >= 0.6 is 34.2 Å². The van der Waals surface area contributed by atoms with Crippen molar-refractivity contribution in [2.45, 2.75) is 33.2 Å². The number of imidazole rings is 1. The second-order valence-electron chi connectivity index (χ2n) is 7.78. The van der Waals surface area contributed by atoms with Crippen LogP contribution in [0.15, 0.2) is 12.1 Å². The number of aromatic nitrogens is 4. The number of anilines is 2. The van der Waals surface area contributed by atoms with Crippen LogP contribution in [-0.4, -0.2) is 39.2 Å². The highest BCUT2D eigenvalue weighted by Crippen LogP contribution is 2.29. The first-order valence-electron chi connectivity index (χ1n) is 9.86. The van der Waals surface area contributed by atoms with Gasteiger partial charge in [-0.05, 0) is 70.3 Å². The Bertz CT molecular complexity index is 1050. The number of hydrogen-bond donors (Lipinski definition) is 3. The molecule has 9 heteroatoms. The minimum absolute atomic E-state index is 0.149. The number of nitrogens with zero attached hydrogens (tertiary/aromatic N) is 4. The molecule has 0 amide bonds. The first kappa shape index (κ1) is 20.6. The molecule has 7 nitrogen and oxygen atoms in total. The number of nitrogens with one attached hydrogen (secondary N) is 2. The zero-order valence-electron chi connectivity index (χ0n) is 16.6. The van der Waals surface area contributed by atoms with Crippen LogP contribution in [0, 0.1) is 9.49 Å². The summed E-state index contributed by atoms with van der Waals surface area (Å²) in [5.74, 6) is 1.85. The second-order valence-corrected chi connectivity index (χ2v) is 9.28. The van der Waals surface area contributed by atoms with Crippen LogP contribution < -0.4 is 16.4 Å². The number of halogens is 2. The van der Waals surface area contributed by atoms with E-state index in [-0.39, 0.29) is 5.28 Å². The van der Waals surface area contributed by atoms with Crippen molar-refractivity contribution in [3.05, 3.63) is 37.9 Å². The van der Waals surface area contributed by atoms with E-state index in [9.17, 15) is 0 Å². The SMILES string of the molecule is CC(C)CNCCn1c(Cc2cc3c(cc2I)NCC3)nc2c(N)nc(Cl)nc21. The highest BCUT2D eigenvalue weighted by atomic mass is 127. The van der Waals surface area contributed by atoms with Gasteiger partial charge in [0.15, 0.2) is 17.0 Å². The normalized spacial score (nSPS) is 13.3. The molecular weight excluding hydrogens is 501 g/mol. The van der Waals surface area contributed by atoms with E-state index in [1.54, 1.807) is 0 Å². The fourth-order valence-corrected chi connectivity index (χ4v) is 4.50. The average Bonchev–Trinajstić information content (AvgIpc) is 3.23. The Balaban J connectivity index is 1.69. The highest BCUT2D eigenvalue weighted by molar-refractivity contribution is 14.1. The molecule has 0 radical (unpaired) electrons. The van der Waals surface area contributed by atoms with Crippen molar-refractivity contribution in [2.75, 3.05) is 30.7 Å². The van der Waals surface area contributed by atoms with Crippen molar-refractivity contribution in [3.8, 4) is 0 Å². The molecule has 0 atom stereocenters. The van der Waals surface area contributed by atoms with Crippen LogP contribution in [0.5, 0.6) is 0 Å². The number of benzene rings is 1. The van der Waals surface area contributed by atoms with Crippen LogP contribution in [0.25, 0.3) is 11.2 Å². The summed E-state index contributed by atoms with van der Waals surface area (Å²) in [4.78, 5) is 13.3. The first-order valence-corrected chi connectivity index (χ1v) is 11.3. The molecule has 0 fully saturated rings. The minimum Gasteiger partial charge on any atom is -0.384 e. The molecular formula is C20H25ClIN7. The Morgan fingerprint density at radius 2 is 2.14 bits per heavy atom. The third kappa shape index (κ3) is 4.44. The summed E-state index contributed by atoms with van der Waals surface area (Å²) in [6, 6.07) is 4.51. The highest BCUT2D eigenvalue weighted by Gasteiger charge is 2.19. The molecule has 1 aliphatic rings. The summed E-state index contributed by atoms with van der Waals surface area (Å²) in [7, 11) is 0. The Kier molecular flexibility index (Phi) is 6.12. The molecule has 0 saturated heterocycles. The van der Waals surface area contributed by atoms with E-state index in [2.05, 4.69) is 73.7 Å². The standard InChI is InChI=1S/C20H25ClIN7/c1-11(2)10-24-5-6-29-16(26-17-18(23)27-20(21)28-19(17)29)8-13-7-12-3-4-25-15(12)9-14(13)22/h7,9,11,24-25H,3-6,8,10H2,1-2H3,(H2,23,27,28). The predicted octanol–water partition coefficient (Wildman–Crippen LogP) is 3.47. The summed E-state index contributed by atoms with van der Waals surface area (Å²) in [6.07, 6.45) is 1.77. The molecule has 2 aromatic heterocycles. The van der Waals surface area contributed by atoms with Crippen LogP contribution in [-0.2, 0) is 19.4 Å². The van der Waals surface area contributed by atoms with Crippen molar-refractivity contribution in [1.29, 1.82) is 0 Å². The molecule has 0 spiro atoms. The summed E-state index contributed by atoms with van der Waals surface area (Å²) in [6.45, 7) is 7.93. The number of rotatable bonds is 7. The molecule has 3 aromatic rings. The average molecular weight is 526 g/mol. The van der Waals surface area contributed by atoms with E-state index in [1.165, 1.54) is 20.4 Å². The van der Waals surface area contributed by atoms with Gasteiger partial charge in [-0.15, -0.1) is 0 Å². The fourth-order valence-electron chi connectivity index (χ4n) is 3.67. The van der Waals surface area contributed by atoms with Gasteiger partial charge in [-0.25, -0.2) is 4.98 Å². The monoisotopic (exact) mass is 525 g/mol. The Hall–Kier alpha value is -1.65. The molecule has 0 saturated carbocycles. The number of nitrogens with two attached hydrogens (primary N) is 1. The lowest BCUT2D eigenvalue weighted by molar-refractivity contribution is 0.522. The molecule has 0 bridgehead atoms. The van der Waals surface area contributed by atoms with Gasteiger partial charge in [0.25, 0.3) is 0 Å². The van der Waals surface area contributed by atoms with E-state index in [0.717, 1.165) is 38.4 Å². The Morgan fingerprint density at radius 3 is 2.93 bits per heavy atom. The second kappa shape index (κ2) is 8.61. The summed E-state index contributed by atoms with van der Waals surface area (Å²) in [5, 5.41) is 7.08. The van der Waals surface area contributed by atoms with Crippen LogP contribution in [0.4, 0.5) is 11.5 Å². The van der Waals surface area contributed by atoms with Crippen molar-refractivity contribution < 1.29 is 0 Å². The summed E-state index contributed by atoms with van der Waals surface area (Å²) >= 11 is 8.49. The van der Waals surface area contributed by atoms with Crippen LogP contribution in [0.1, 0.15) is 30.8 Å². The van der Waals surface area contributed by atoms with Crippen LogP contribution in [0.2, 0.25) is 5.28 Å². The summed E-state index contributed by atoms with van der Waals surface area (Å²) < 4.78 is 3.35. The first-order chi connectivity index (χ1) is 13.9. The zero-order valence-corrected chi connectivity index (χ0v) is 19.5. The molecule has 0 aliphatic carbocycles. The Labute approximate surface area is 189 Å². The molecule has 3 heterocycles. The van der Waals surface area contributed by atoms with E-state index < -0.39 is 0 Å². The van der Waals surface area contributed by atoms with Gasteiger partial charge in [0, 0.05) is 35.3 Å². The van der Waals surface area contributed by atoms with Gasteiger partial charge in [-0.1, -0.05) is 19.9 Å². The van der Waals surface area contributed by atoms with Gasteiger partial charge in [-0.3, -0.25) is 0 Å². The third-order valence-electron chi connectivity index (χ3n) is 5.07. The maximum atomic E-state index is 6.09.